The molecule has 118 valence electrons. The molecule has 0 aliphatic heterocycles. The molecule has 0 fully saturated rings. The van der Waals surface area contributed by atoms with Crippen LogP contribution < -0.4 is 11.5 Å². The van der Waals surface area contributed by atoms with Gasteiger partial charge in [0.05, 0.1) is 12.3 Å². The Bertz CT molecular complexity index is 573. The largest absolute Gasteiger partial charge is 0.399 e. The lowest BCUT2D eigenvalue weighted by molar-refractivity contribution is -0.119. The molecule has 1 aromatic carbocycles. The van der Waals surface area contributed by atoms with Gasteiger partial charge < -0.3 is 11.5 Å². The van der Waals surface area contributed by atoms with Crippen LogP contribution >= 0.6 is 0 Å². The van der Waals surface area contributed by atoms with E-state index < -0.39 is 15.7 Å². The van der Waals surface area contributed by atoms with Gasteiger partial charge in [-0.1, -0.05) is 19.1 Å². The summed E-state index contributed by atoms with van der Waals surface area (Å²) in [6.45, 7) is 2.57. The van der Waals surface area contributed by atoms with Crippen LogP contribution in [0.3, 0.4) is 0 Å². The quantitative estimate of drug-likeness (QED) is 0.641. The van der Waals surface area contributed by atoms with Gasteiger partial charge in [0, 0.05) is 24.5 Å². The molecule has 1 rings (SSSR count). The number of hydrogen-bond acceptors (Lipinski definition) is 5. The number of carbonyl (C=O) groups is 1. The monoisotopic (exact) mass is 313 g/mol. The third kappa shape index (κ3) is 7.10. The van der Waals surface area contributed by atoms with Gasteiger partial charge in [0.1, 0.15) is 0 Å². The number of hydrogen-bond donors (Lipinski definition) is 2. The Balaban J connectivity index is 2.70. The van der Waals surface area contributed by atoms with Crippen LogP contribution in [0.15, 0.2) is 24.3 Å². The van der Waals surface area contributed by atoms with Crippen LogP contribution in [-0.2, 0) is 21.2 Å². The van der Waals surface area contributed by atoms with Gasteiger partial charge in [-0.25, -0.2) is 8.42 Å². The molecule has 0 bridgehead atoms. The van der Waals surface area contributed by atoms with Gasteiger partial charge in [-0.15, -0.1) is 0 Å². The second-order valence-electron chi connectivity index (χ2n) is 5.07. The van der Waals surface area contributed by atoms with Crippen molar-refractivity contribution in [2.75, 3.05) is 30.3 Å². The minimum Gasteiger partial charge on any atom is -0.399 e. The topological polar surface area (TPSA) is 106 Å². The van der Waals surface area contributed by atoms with Crippen molar-refractivity contribution in [3.05, 3.63) is 29.8 Å². The van der Waals surface area contributed by atoms with E-state index in [1.54, 1.807) is 17.0 Å². The molecule has 0 spiro atoms. The van der Waals surface area contributed by atoms with Crippen LogP contribution in [0.25, 0.3) is 0 Å². The lowest BCUT2D eigenvalue weighted by Crippen LogP contribution is -2.36. The molecular formula is C14H23N3O3S. The maximum atomic E-state index is 11.8. The number of nitrogens with zero attached hydrogens (tertiary/aromatic N) is 1. The van der Waals surface area contributed by atoms with Crippen molar-refractivity contribution < 1.29 is 13.2 Å². The van der Waals surface area contributed by atoms with E-state index >= 15 is 0 Å². The van der Waals surface area contributed by atoms with Crippen LogP contribution in [0, 0.1) is 0 Å². The Morgan fingerprint density at radius 2 is 2.00 bits per heavy atom. The Kier molecular flexibility index (Phi) is 6.64. The number of primary amides is 1. The highest BCUT2D eigenvalue weighted by molar-refractivity contribution is 7.91. The van der Waals surface area contributed by atoms with Crippen LogP contribution in [0.5, 0.6) is 0 Å². The summed E-state index contributed by atoms with van der Waals surface area (Å²) >= 11 is 0. The zero-order chi connectivity index (χ0) is 15.9. The first kappa shape index (κ1) is 17.5. The lowest BCUT2D eigenvalue weighted by Gasteiger charge is -2.20. The number of amides is 1. The van der Waals surface area contributed by atoms with Crippen LogP contribution in [0.1, 0.15) is 18.9 Å². The normalized spacial score (nSPS) is 11.7. The number of nitrogens with two attached hydrogens (primary N) is 2. The number of benzene rings is 1. The van der Waals surface area contributed by atoms with E-state index in [4.69, 9.17) is 11.5 Å². The standard InChI is InChI=1S/C14H23N3O3S/c1-2-7-21(19,20)8-6-17(11-14(16)18)10-12-4-3-5-13(15)9-12/h3-5,9H,2,6-8,10-11,15H2,1H3,(H2,16,18). The number of anilines is 1. The van der Waals surface area contributed by atoms with Gasteiger partial charge in [-0.05, 0) is 24.1 Å². The number of carbonyl (C=O) groups excluding carboxylic acids is 1. The predicted octanol–water partition coefficient (Wildman–Crippen LogP) is 0.381. The highest BCUT2D eigenvalue weighted by atomic mass is 32.2. The van der Waals surface area contributed by atoms with Gasteiger partial charge in [-0.3, -0.25) is 9.69 Å². The Morgan fingerprint density at radius 3 is 2.57 bits per heavy atom. The van der Waals surface area contributed by atoms with Crippen molar-refractivity contribution in [3.63, 3.8) is 0 Å². The summed E-state index contributed by atoms with van der Waals surface area (Å²) in [5.41, 5.74) is 12.5. The molecule has 0 aromatic heterocycles. The van der Waals surface area contributed by atoms with Gasteiger partial charge in [0.2, 0.25) is 5.91 Å². The first-order valence-corrected chi connectivity index (χ1v) is 8.70. The Labute approximate surface area is 126 Å². The van der Waals surface area contributed by atoms with E-state index in [1.807, 2.05) is 19.1 Å². The van der Waals surface area contributed by atoms with E-state index in [2.05, 4.69) is 0 Å². The highest BCUT2D eigenvalue weighted by Crippen LogP contribution is 2.10. The molecule has 0 radical (unpaired) electrons. The van der Waals surface area contributed by atoms with Gasteiger partial charge in [-0.2, -0.15) is 0 Å². The smallest absolute Gasteiger partial charge is 0.231 e. The summed E-state index contributed by atoms with van der Waals surface area (Å²) in [5, 5.41) is 0. The fourth-order valence-corrected chi connectivity index (χ4v) is 3.43. The van der Waals surface area contributed by atoms with E-state index in [-0.39, 0.29) is 24.6 Å². The molecule has 0 saturated heterocycles. The average Bonchev–Trinajstić information content (AvgIpc) is 2.35. The van der Waals surface area contributed by atoms with Crippen molar-refractivity contribution in [2.45, 2.75) is 19.9 Å². The summed E-state index contributed by atoms with van der Waals surface area (Å²) in [6.07, 6.45) is 0.591. The molecule has 0 atom stereocenters. The summed E-state index contributed by atoms with van der Waals surface area (Å²) in [7, 11) is -3.08. The average molecular weight is 313 g/mol. The maximum Gasteiger partial charge on any atom is 0.231 e. The highest BCUT2D eigenvalue weighted by Gasteiger charge is 2.15. The van der Waals surface area contributed by atoms with Crippen LogP contribution in [-0.4, -0.2) is 43.8 Å². The first-order chi connectivity index (χ1) is 9.82. The van der Waals surface area contributed by atoms with Crippen molar-refractivity contribution in [1.82, 2.24) is 4.90 Å². The zero-order valence-electron chi connectivity index (χ0n) is 12.3. The zero-order valence-corrected chi connectivity index (χ0v) is 13.1. The fourth-order valence-electron chi connectivity index (χ4n) is 2.07. The second-order valence-corrected chi connectivity index (χ2v) is 7.38. The molecule has 0 aliphatic rings. The molecule has 0 saturated carbocycles. The lowest BCUT2D eigenvalue weighted by atomic mass is 10.2. The molecule has 21 heavy (non-hydrogen) atoms. The maximum absolute atomic E-state index is 11.8. The summed E-state index contributed by atoms with van der Waals surface area (Å²) in [4.78, 5) is 12.9. The molecule has 0 unspecified atom stereocenters. The summed E-state index contributed by atoms with van der Waals surface area (Å²) in [6, 6.07) is 7.27. The molecule has 6 nitrogen and oxygen atoms in total. The number of rotatable bonds is 9. The molecule has 7 heteroatoms. The van der Waals surface area contributed by atoms with Crippen LogP contribution in [0.4, 0.5) is 5.69 Å². The molecule has 1 amide bonds. The van der Waals surface area contributed by atoms with Crippen LogP contribution in [0.2, 0.25) is 0 Å². The molecule has 0 heterocycles. The SMILES string of the molecule is CCCS(=O)(=O)CCN(CC(N)=O)Cc1cccc(N)c1. The second kappa shape index (κ2) is 7.99. The number of sulfone groups is 1. The third-order valence-electron chi connectivity index (χ3n) is 2.97. The van der Waals surface area contributed by atoms with E-state index in [1.165, 1.54) is 0 Å². The van der Waals surface area contributed by atoms with E-state index in [0.717, 1.165) is 5.56 Å². The summed E-state index contributed by atoms with van der Waals surface area (Å²) < 4.78 is 23.5. The number of nitrogen functional groups attached to an aromatic ring is 1. The molecule has 0 aliphatic carbocycles. The first-order valence-electron chi connectivity index (χ1n) is 6.88. The summed E-state index contributed by atoms with van der Waals surface area (Å²) in [5.74, 6) is -0.293. The molecule has 1 aromatic rings. The Morgan fingerprint density at radius 1 is 1.29 bits per heavy atom. The van der Waals surface area contributed by atoms with Gasteiger partial charge in [0.25, 0.3) is 0 Å². The van der Waals surface area contributed by atoms with Crippen molar-refractivity contribution in [3.8, 4) is 0 Å². The predicted molar refractivity (Wildman–Crippen MR) is 84.3 cm³/mol. The van der Waals surface area contributed by atoms with Crippen molar-refractivity contribution in [2.24, 2.45) is 5.73 Å². The van der Waals surface area contributed by atoms with Gasteiger partial charge in [0.15, 0.2) is 9.84 Å². The molecular weight excluding hydrogens is 290 g/mol. The molecule has 4 N–H and O–H groups in total. The van der Waals surface area contributed by atoms with Gasteiger partial charge >= 0.3 is 0 Å². The minimum absolute atomic E-state index is 0.0242. The van der Waals surface area contributed by atoms with Crippen molar-refractivity contribution >= 4 is 21.4 Å². The fraction of sp³-hybridized carbons (Fsp3) is 0.500. The van der Waals surface area contributed by atoms with E-state index in [0.29, 0.717) is 18.7 Å². The Hall–Kier alpha value is -1.60. The van der Waals surface area contributed by atoms with E-state index in [9.17, 15) is 13.2 Å². The minimum atomic E-state index is -3.08. The van der Waals surface area contributed by atoms with Crippen molar-refractivity contribution in [1.29, 1.82) is 0 Å². The third-order valence-corrected chi connectivity index (χ3v) is 4.81.